The van der Waals surface area contributed by atoms with Gasteiger partial charge in [0.15, 0.2) is 0 Å². The van der Waals surface area contributed by atoms with Crippen LogP contribution in [0.1, 0.15) is 12.8 Å². The Kier molecular flexibility index (Phi) is 3.54. The van der Waals surface area contributed by atoms with E-state index in [1.807, 2.05) is 29.2 Å². The molecule has 0 saturated heterocycles. The second-order valence-corrected chi connectivity index (χ2v) is 6.79. The number of nitrogens with one attached hydrogen (secondary N) is 1. The van der Waals surface area contributed by atoms with Crippen LogP contribution in [0, 0.1) is 0 Å². The quantitative estimate of drug-likeness (QED) is 0.595. The summed E-state index contributed by atoms with van der Waals surface area (Å²) in [6.45, 7) is 0. The predicted molar refractivity (Wildman–Crippen MR) is 97.4 cm³/mol. The van der Waals surface area contributed by atoms with Crippen molar-refractivity contribution in [2.75, 3.05) is 12.4 Å². The average Bonchev–Trinajstić information content (AvgIpc) is 3.21. The number of hydrogen-bond acceptors (Lipinski definition) is 6. The van der Waals surface area contributed by atoms with Crippen molar-refractivity contribution in [3.63, 3.8) is 0 Å². The Morgan fingerprint density at radius 2 is 2.04 bits per heavy atom. The number of ether oxygens (including phenoxy) is 1. The predicted octanol–water partition coefficient (Wildman–Crippen LogP) is 2.68. The van der Waals surface area contributed by atoms with Crippen molar-refractivity contribution in [3.05, 3.63) is 42.2 Å². The molecule has 5 rings (SSSR count). The zero-order valence-electron chi connectivity index (χ0n) is 14.0. The largest absolute Gasteiger partial charge is 0.381 e. The van der Waals surface area contributed by atoms with E-state index >= 15 is 0 Å². The third kappa shape index (κ3) is 2.49. The van der Waals surface area contributed by atoms with Crippen LogP contribution < -0.4 is 5.32 Å². The Morgan fingerprint density at radius 3 is 2.88 bits per heavy atom. The lowest BCUT2D eigenvalue weighted by Gasteiger charge is -2.34. The van der Waals surface area contributed by atoms with E-state index < -0.39 is 0 Å². The first-order valence-corrected chi connectivity index (χ1v) is 8.72. The standard InChI is InChI=1S/C17H16ClN7O/c1-26-12-4-11(5-12)22-16-19-7-14-13(2-3-25(14)23-16)10-6-20-17-21-8-15(18)24(17)9-10/h2-3,6-9,11-12H,4-5H2,1H3,(H,22,23)/t11-,12-. The normalized spacial score (nSPS) is 19.8. The second kappa shape index (κ2) is 5.93. The van der Waals surface area contributed by atoms with Gasteiger partial charge in [0.05, 0.1) is 24.0 Å². The number of anilines is 1. The van der Waals surface area contributed by atoms with E-state index in [0.29, 0.717) is 29.0 Å². The minimum atomic E-state index is 0.340. The van der Waals surface area contributed by atoms with Gasteiger partial charge >= 0.3 is 0 Å². The van der Waals surface area contributed by atoms with Gasteiger partial charge in [-0.15, -0.1) is 5.10 Å². The molecule has 132 valence electrons. The summed E-state index contributed by atoms with van der Waals surface area (Å²) in [6, 6.07) is 2.36. The van der Waals surface area contributed by atoms with Crippen molar-refractivity contribution in [2.24, 2.45) is 0 Å². The summed E-state index contributed by atoms with van der Waals surface area (Å²) in [5.41, 5.74) is 2.81. The van der Waals surface area contributed by atoms with Gasteiger partial charge in [-0.1, -0.05) is 11.6 Å². The molecular formula is C17H16ClN7O. The minimum absolute atomic E-state index is 0.340. The summed E-state index contributed by atoms with van der Waals surface area (Å²) in [4.78, 5) is 12.9. The molecule has 8 nitrogen and oxygen atoms in total. The van der Waals surface area contributed by atoms with Crippen LogP contribution >= 0.6 is 11.6 Å². The van der Waals surface area contributed by atoms with Crippen molar-refractivity contribution in [1.29, 1.82) is 0 Å². The van der Waals surface area contributed by atoms with Crippen LogP contribution in [-0.4, -0.2) is 48.2 Å². The highest BCUT2D eigenvalue weighted by molar-refractivity contribution is 6.29. The molecule has 4 aromatic rings. The van der Waals surface area contributed by atoms with Gasteiger partial charge in [-0.2, -0.15) is 0 Å². The fraction of sp³-hybridized carbons (Fsp3) is 0.294. The van der Waals surface area contributed by atoms with Gasteiger partial charge in [-0.25, -0.2) is 19.5 Å². The molecule has 0 atom stereocenters. The average molecular weight is 370 g/mol. The van der Waals surface area contributed by atoms with Crippen LogP contribution in [-0.2, 0) is 4.74 Å². The molecule has 0 radical (unpaired) electrons. The van der Waals surface area contributed by atoms with Gasteiger partial charge in [-0.05, 0) is 18.9 Å². The highest BCUT2D eigenvalue weighted by atomic mass is 35.5. The van der Waals surface area contributed by atoms with Crippen LogP contribution in [0.4, 0.5) is 5.95 Å². The van der Waals surface area contributed by atoms with E-state index in [1.54, 1.807) is 23.9 Å². The first-order valence-electron chi connectivity index (χ1n) is 8.34. The Morgan fingerprint density at radius 1 is 1.19 bits per heavy atom. The molecule has 0 aliphatic heterocycles. The third-order valence-corrected chi connectivity index (χ3v) is 5.09. The molecule has 1 N–H and O–H groups in total. The van der Waals surface area contributed by atoms with Crippen molar-refractivity contribution in [1.82, 2.24) is 29.0 Å². The second-order valence-electron chi connectivity index (χ2n) is 6.40. The first-order chi connectivity index (χ1) is 12.7. The van der Waals surface area contributed by atoms with Crippen LogP contribution in [0.15, 0.2) is 37.1 Å². The van der Waals surface area contributed by atoms with E-state index in [-0.39, 0.29) is 0 Å². The van der Waals surface area contributed by atoms with Gasteiger partial charge in [0.25, 0.3) is 0 Å². The number of imidazole rings is 1. The summed E-state index contributed by atoms with van der Waals surface area (Å²) >= 11 is 6.15. The monoisotopic (exact) mass is 369 g/mol. The molecule has 1 fully saturated rings. The topological polar surface area (TPSA) is 81.6 Å². The van der Waals surface area contributed by atoms with E-state index in [4.69, 9.17) is 16.3 Å². The van der Waals surface area contributed by atoms with Crippen molar-refractivity contribution in [2.45, 2.75) is 25.0 Å². The Balaban J connectivity index is 1.46. The maximum absolute atomic E-state index is 6.15. The molecule has 4 heterocycles. The molecule has 1 aliphatic rings. The lowest BCUT2D eigenvalue weighted by atomic mass is 9.89. The van der Waals surface area contributed by atoms with Crippen molar-refractivity contribution >= 4 is 28.8 Å². The summed E-state index contributed by atoms with van der Waals surface area (Å²) in [5.74, 6) is 1.19. The highest BCUT2D eigenvalue weighted by Gasteiger charge is 2.29. The zero-order valence-corrected chi connectivity index (χ0v) is 14.8. The van der Waals surface area contributed by atoms with Crippen molar-refractivity contribution in [3.8, 4) is 11.1 Å². The van der Waals surface area contributed by atoms with Crippen molar-refractivity contribution < 1.29 is 4.74 Å². The highest BCUT2D eigenvalue weighted by Crippen LogP contribution is 2.27. The van der Waals surface area contributed by atoms with Gasteiger partial charge in [-0.3, -0.25) is 4.40 Å². The molecule has 0 bridgehead atoms. The lowest BCUT2D eigenvalue weighted by molar-refractivity contribution is 0.0326. The first kappa shape index (κ1) is 15.5. The number of hydrogen-bond donors (Lipinski definition) is 1. The Bertz CT molecular complexity index is 1100. The maximum atomic E-state index is 6.15. The summed E-state index contributed by atoms with van der Waals surface area (Å²) in [7, 11) is 1.74. The molecule has 0 unspecified atom stereocenters. The molecule has 4 aromatic heterocycles. The van der Waals surface area contributed by atoms with Crippen LogP contribution in [0.25, 0.3) is 22.4 Å². The van der Waals surface area contributed by atoms with E-state index in [2.05, 4.69) is 25.4 Å². The molecule has 1 aliphatic carbocycles. The number of fused-ring (bicyclic) bond motifs is 2. The fourth-order valence-corrected chi connectivity index (χ4v) is 3.43. The number of aromatic nitrogens is 6. The lowest BCUT2D eigenvalue weighted by Crippen LogP contribution is -2.40. The molecule has 1 saturated carbocycles. The minimum Gasteiger partial charge on any atom is -0.381 e. The van der Waals surface area contributed by atoms with Crippen LogP contribution in [0.3, 0.4) is 0 Å². The summed E-state index contributed by atoms with van der Waals surface area (Å²) in [5, 5.41) is 8.42. The van der Waals surface area contributed by atoms with Gasteiger partial charge in [0.1, 0.15) is 5.15 Å². The van der Waals surface area contributed by atoms with Crippen LogP contribution in [0.5, 0.6) is 0 Å². The molecular weight excluding hydrogens is 354 g/mol. The zero-order chi connectivity index (χ0) is 17.7. The molecule has 9 heteroatoms. The molecule has 26 heavy (non-hydrogen) atoms. The Hall–Kier alpha value is -2.71. The third-order valence-electron chi connectivity index (χ3n) is 4.81. The van der Waals surface area contributed by atoms with Gasteiger partial charge in [0.2, 0.25) is 11.7 Å². The van der Waals surface area contributed by atoms with Gasteiger partial charge < -0.3 is 10.1 Å². The van der Waals surface area contributed by atoms with E-state index in [1.165, 1.54) is 0 Å². The maximum Gasteiger partial charge on any atom is 0.241 e. The van der Waals surface area contributed by atoms with E-state index in [0.717, 1.165) is 29.5 Å². The SMILES string of the molecule is CO[C@H]1C[C@H](Nc2ncc3c(-c4cnc5ncc(Cl)n5c4)ccn3n2)C1. The fourth-order valence-electron chi connectivity index (χ4n) is 3.25. The smallest absolute Gasteiger partial charge is 0.241 e. The number of nitrogens with zero attached hydrogens (tertiary/aromatic N) is 6. The number of methoxy groups -OCH3 is 1. The van der Waals surface area contributed by atoms with E-state index in [9.17, 15) is 0 Å². The number of halogens is 1. The van der Waals surface area contributed by atoms with Gasteiger partial charge in [0, 0.05) is 42.9 Å². The molecule has 0 amide bonds. The Labute approximate surface area is 153 Å². The summed E-state index contributed by atoms with van der Waals surface area (Å²) in [6.07, 6.45) is 11.3. The molecule has 0 aromatic carbocycles. The van der Waals surface area contributed by atoms with Crippen LogP contribution in [0.2, 0.25) is 5.15 Å². The molecule has 0 spiro atoms. The number of rotatable bonds is 4. The summed E-state index contributed by atoms with van der Waals surface area (Å²) < 4.78 is 8.87.